The van der Waals surface area contributed by atoms with E-state index in [4.69, 9.17) is 9.15 Å². The van der Waals surface area contributed by atoms with Crippen molar-refractivity contribution in [3.05, 3.63) is 75.7 Å². The van der Waals surface area contributed by atoms with E-state index in [-0.39, 0.29) is 42.5 Å². The van der Waals surface area contributed by atoms with Crippen LogP contribution in [0.5, 0.6) is 0 Å². The fourth-order valence-electron chi connectivity index (χ4n) is 3.10. The highest BCUT2D eigenvalue weighted by Gasteiger charge is 2.40. The van der Waals surface area contributed by atoms with Crippen LogP contribution in [-0.4, -0.2) is 44.3 Å². The number of amides is 2. The number of hydrogen-bond donors (Lipinski definition) is 0. The summed E-state index contributed by atoms with van der Waals surface area (Å²) in [5, 5.41) is 18.8. The molecule has 0 spiro atoms. The van der Waals surface area contributed by atoms with Crippen molar-refractivity contribution in [3.63, 3.8) is 0 Å². The maximum absolute atomic E-state index is 12.5. The Morgan fingerprint density at radius 1 is 1.06 bits per heavy atom. The van der Waals surface area contributed by atoms with E-state index in [1.54, 1.807) is 12.1 Å². The van der Waals surface area contributed by atoms with Crippen LogP contribution in [-0.2, 0) is 16.1 Å². The molecular formula is C20H14N4O7. The van der Waals surface area contributed by atoms with Gasteiger partial charge in [0.05, 0.1) is 16.9 Å². The van der Waals surface area contributed by atoms with Crippen LogP contribution in [0, 0.1) is 10.1 Å². The lowest BCUT2D eigenvalue weighted by Crippen LogP contribution is -2.32. The summed E-state index contributed by atoms with van der Waals surface area (Å²) in [5.41, 5.74) is -0.0733. The van der Waals surface area contributed by atoms with Crippen LogP contribution in [0.15, 0.2) is 52.9 Å². The molecule has 31 heavy (non-hydrogen) atoms. The Balaban J connectivity index is 1.34. The van der Waals surface area contributed by atoms with Crippen molar-refractivity contribution in [2.45, 2.75) is 13.0 Å². The molecule has 0 aliphatic carbocycles. The molecule has 2 aromatic carbocycles. The third-order valence-corrected chi connectivity index (χ3v) is 4.56. The van der Waals surface area contributed by atoms with Crippen molar-refractivity contribution in [1.29, 1.82) is 0 Å². The van der Waals surface area contributed by atoms with E-state index in [2.05, 4.69) is 10.2 Å². The van der Waals surface area contributed by atoms with Gasteiger partial charge in [-0.05, 0) is 18.2 Å². The van der Waals surface area contributed by atoms with Crippen LogP contribution in [0.25, 0.3) is 11.5 Å². The number of ether oxygens (including phenoxy) is 1. The molecule has 156 valence electrons. The van der Waals surface area contributed by atoms with Gasteiger partial charge in [0, 0.05) is 18.2 Å². The quantitative estimate of drug-likeness (QED) is 0.242. The molecule has 4 rings (SSSR count). The van der Waals surface area contributed by atoms with Gasteiger partial charge < -0.3 is 9.15 Å². The average Bonchev–Trinajstić information content (AvgIpc) is 3.35. The van der Waals surface area contributed by atoms with Crippen molar-refractivity contribution in [1.82, 2.24) is 15.1 Å². The Morgan fingerprint density at radius 2 is 1.84 bits per heavy atom. The summed E-state index contributed by atoms with van der Waals surface area (Å²) in [7, 11) is 0. The van der Waals surface area contributed by atoms with Crippen LogP contribution in [0.3, 0.4) is 0 Å². The van der Waals surface area contributed by atoms with Gasteiger partial charge in [-0.1, -0.05) is 24.3 Å². The number of nitrogens with zero attached hydrogens (tertiary/aromatic N) is 4. The second-order valence-corrected chi connectivity index (χ2v) is 6.50. The Kier molecular flexibility index (Phi) is 5.22. The average molecular weight is 422 g/mol. The number of rotatable bonds is 7. The minimum Gasteiger partial charge on any atom is -0.456 e. The molecule has 3 aromatic rings. The van der Waals surface area contributed by atoms with Crippen LogP contribution in [0.4, 0.5) is 5.69 Å². The van der Waals surface area contributed by atoms with Gasteiger partial charge in [0.15, 0.2) is 6.61 Å². The highest BCUT2D eigenvalue weighted by Crippen LogP contribution is 2.30. The largest absolute Gasteiger partial charge is 0.456 e. The smallest absolute Gasteiger partial charge is 0.308 e. The van der Waals surface area contributed by atoms with Gasteiger partial charge in [0.25, 0.3) is 23.4 Å². The molecule has 0 bridgehead atoms. The minimum atomic E-state index is -0.815. The summed E-state index contributed by atoms with van der Waals surface area (Å²) < 4.78 is 10.5. The topological polar surface area (TPSA) is 146 Å². The molecule has 0 radical (unpaired) electrons. The third kappa shape index (κ3) is 3.88. The maximum atomic E-state index is 12.5. The summed E-state index contributed by atoms with van der Waals surface area (Å²) in [5.74, 6) is -1.85. The predicted molar refractivity (Wildman–Crippen MR) is 103 cm³/mol. The van der Waals surface area contributed by atoms with Gasteiger partial charge in [0.1, 0.15) is 5.56 Å². The van der Waals surface area contributed by atoms with Gasteiger partial charge in [-0.25, -0.2) is 0 Å². The van der Waals surface area contributed by atoms with E-state index in [1.807, 2.05) is 18.2 Å². The number of aromatic nitrogens is 2. The van der Waals surface area contributed by atoms with Crippen molar-refractivity contribution < 1.29 is 28.5 Å². The first-order valence-corrected chi connectivity index (χ1v) is 9.12. The zero-order chi connectivity index (χ0) is 22.0. The number of nitro benzene ring substituents is 1. The Hall–Kier alpha value is -4.41. The SMILES string of the molecule is O=C(CCN1C(=O)c2cccc([N+](=O)[O-])c2C1=O)OCc1nnc(-c2ccccc2)o1. The normalized spacial score (nSPS) is 12.7. The molecule has 11 heteroatoms. The standard InChI is InChI=1S/C20H14N4O7/c25-16(30-11-15-21-22-18(31-15)12-5-2-1-3-6-12)9-10-23-19(26)13-7-4-8-14(24(28)29)17(13)20(23)27/h1-8H,9-11H2. The van der Waals surface area contributed by atoms with E-state index in [9.17, 15) is 24.5 Å². The first-order valence-electron chi connectivity index (χ1n) is 9.12. The number of esters is 1. The second kappa shape index (κ2) is 8.14. The summed E-state index contributed by atoms with van der Waals surface area (Å²) >= 11 is 0. The number of carbonyl (C=O) groups excluding carboxylic acids is 3. The van der Waals surface area contributed by atoms with E-state index in [0.29, 0.717) is 5.56 Å². The lowest BCUT2D eigenvalue weighted by atomic mass is 10.1. The number of hydrogen-bond acceptors (Lipinski definition) is 9. The molecule has 0 N–H and O–H groups in total. The fourth-order valence-corrected chi connectivity index (χ4v) is 3.10. The number of fused-ring (bicyclic) bond motifs is 1. The Morgan fingerprint density at radius 3 is 2.58 bits per heavy atom. The predicted octanol–water partition coefficient (Wildman–Crippen LogP) is 2.37. The van der Waals surface area contributed by atoms with Gasteiger partial charge in [-0.3, -0.25) is 29.4 Å². The lowest BCUT2D eigenvalue weighted by molar-refractivity contribution is -0.385. The highest BCUT2D eigenvalue weighted by molar-refractivity contribution is 6.23. The van der Waals surface area contributed by atoms with E-state index in [1.165, 1.54) is 12.1 Å². The third-order valence-electron chi connectivity index (χ3n) is 4.56. The zero-order valence-corrected chi connectivity index (χ0v) is 15.9. The number of nitro groups is 1. The molecule has 11 nitrogen and oxygen atoms in total. The first-order chi connectivity index (χ1) is 15.0. The summed E-state index contributed by atoms with van der Waals surface area (Å²) in [4.78, 5) is 48.1. The van der Waals surface area contributed by atoms with E-state index in [0.717, 1.165) is 11.0 Å². The Labute approximate surface area is 174 Å². The molecule has 0 fully saturated rings. The van der Waals surface area contributed by atoms with Crippen molar-refractivity contribution in [2.24, 2.45) is 0 Å². The number of imide groups is 1. The van der Waals surface area contributed by atoms with E-state index >= 15 is 0 Å². The Bertz CT molecular complexity index is 1190. The molecule has 0 atom stereocenters. The molecule has 1 aromatic heterocycles. The monoisotopic (exact) mass is 422 g/mol. The van der Waals surface area contributed by atoms with Gasteiger partial charge >= 0.3 is 5.97 Å². The number of carbonyl (C=O) groups is 3. The molecule has 0 saturated heterocycles. The molecule has 2 heterocycles. The zero-order valence-electron chi connectivity index (χ0n) is 15.9. The minimum absolute atomic E-state index is 0.0631. The lowest BCUT2D eigenvalue weighted by Gasteiger charge is -2.12. The second-order valence-electron chi connectivity index (χ2n) is 6.50. The van der Waals surface area contributed by atoms with Gasteiger partial charge in [0.2, 0.25) is 5.89 Å². The molecular weight excluding hydrogens is 408 g/mol. The molecule has 0 saturated carbocycles. The van der Waals surface area contributed by atoms with Crippen molar-refractivity contribution in [3.8, 4) is 11.5 Å². The summed E-state index contributed by atoms with van der Waals surface area (Å²) in [6, 6.07) is 12.9. The van der Waals surface area contributed by atoms with Crippen LogP contribution >= 0.6 is 0 Å². The number of benzene rings is 2. The molecule has 1 aliphatic heterocycles. The molecule has 0 unspecified atom stereocenters. The summed E-state index contributed by atoms with van der Waals surface area (Å²) in [6.45, 7) is -0.548. The van der Waals surface area contributed by atoms with Gasteiger partial charge in [-0.15, -0.1) is 10.2 Å². The summed E-state index contributed by atoms with van der Waals surface area (Å²) in [6.07, 6.45) is -0.293. The van der Waals surface area contributed by atoms with Crippen LogP contribution in [0.2, 0.25) is 0 Å². The maximum Gasteiger partial charge on any atom is 0.308 e. The van der Waals surface area contributed by atoms with Crippen LogP contribution in [0.1, 0.15) is 33.0 Å². The fraction of sp³-hybridized carbons (Fsp3) is 0.150. The first kappa shape index (κ1) is 19.9. The van der Waals surface area contributed by atoms with Gasteiger partial charge in [-0.2, -0.15) is 0 Å². The van der Waals surface area contributed by atoms with Crippen LogP contribution < -0.4 is 0 Å². The molecule has 2 amide bonds. The highest BCUT2D eigenvalue weighted by atomic mass is 16.6. The van der Waals surface area contributed by atoms with E-state index < -0.39 is 28.4 Å². The van der Waals surface area contributed by atoms with Crippen molar-refractivity contribution in [2.75, 3.05) is 6.54 Å². The van der Waals surface area contributed by atoms with Crippen molar-refractivity contribution >= 4 is 23.5 Å². The molecule has 1 aliphatic rings.